The summed E-state index contributed by atoms with van der Waals surface area (Å²) < 4.78 is 2.51. The smallest absolute Gasteiger partial charge is 0.0603 e. The summed E-state index contributed by atoms with van der Waals surface area (Å²) in [4.78, 5) is 7.20. The van der Waals surface area contributed by atoms with Crippen LogP contribution in [0.2, 0.25) is 10.0 Å². The zero-order valence-corrected chi connectivity index (χ0v) is 17.5. The van der Waals surface area contributed by atoms with Crippen LogP contribution in [0.25, 0.3) is 10.9 Å². The molecule has 5 heteroatoms. The summed E-state index contributed by atoms with van der Waals surface area (Å²) >= 11 is 14.2. The highest BCUT2D eigenvalue weighted by atomic mass is 35.5. The predicted molar refractivity (Wildman–Crippen MR) is 112 cm³/mol. The summed E-state index contributed by atoms with van der Waals surface area (Å²) in [6.07, 6.45) is 4.34. The molecule has 2 aromatic heterocycles. The average molecular weight is 405 g/mol. The van der Waals surface area contributed by atoms with Gasteiger partial charge in [-0.25, -0.2) is 0 Å². The Morgan fingerprint density at radius 2 is 2.04 bits per heavy atom. The van der Waals surface area contributed by atoms with Crippen molar-refractivity contribution in [2.45, 2.75) is 61.8 Å². The lowest BCUT2D eigenvalue weighted by molar-refractivity contribution is 0.642. The van der Waals surface area contributed by atoms with Crippen molar-refractivity contribution in [2.75, 3.05) is 0 Å². The fourth-order valence-corrected chi connectivity index (χ4v) is 5.57. The fraction of sp³-hybridized carbons (Fsp3) is 0.381. The van der Waals surface area contributed by atoms with Crippen LogP contribution in [0.5, 0.6) is 0 Å². The van der Waals surface area contributed by atoms with Crippen LogP contribution in [0, 0.1) is 0 Å². The lowest BCUT2D eigenvalue weighted by Crippen LogP contribution is -1.96. The fourth-order valence-electron chi connectivity index (χ4n) is 3.97. The van der Waals surface area contributed by atoms with E-state index in [0.29, 0.717) is 21.9 Å². The van der Waals surface area contributed by atoms with Crippen LogP contribution in [0.4, 0.5) is 0 Å². The van der Waals surface area contributed by atoms with Gasteiger partial charge in [0.15, 0.2) is 0 Å². The van der Waals surface area contributed by atoms with Gasteiger partial charge < -0.3 is 4.57 Å². The summed E-state index contributed by atoms with van der Waals surface area (Å²) in [5.41, 5.74) is 3.97. The molecule has 2 nitrogen and oxygen atoms in total. The molecule has 0 aliphatic carbocycles. The van der Waals surface area contributed by atoms with Gasteiger partial charge in [-0.3, -0.25) is 4.98 Å². The molecule has 136 valence electrons. The minimum absolute atomic E-state index is 0.384. The van der Waals surface area contributed by atoms with Gasteiger partial charge >= 0.3 is 0 Å². The second-order valence-electron chi connectivity index (χ2n) is 7.18. The number of aryl methyl sites for hydroxylation is 1. The van der Waals surface area contributed by atoms with E-state index in [2.05, 4.69) is 37.5 Å². The van der Waals surface area contributed by atoms with Gasteiger partial charge in [-0.1, -0.05) is 55.7 Å². The summed E-state index contributed by atoms with van der Waals surface area (Å²) in [5, 5.41) is 2.51. The Bertz CT molecular complexity index is 978. The van der Waals surface area contributed by atoms with Crippen molar-refractivity contribution in [3.05, 3.63) is 51.9 Å². The summed E-state index contributed by atoms with van der Waals surface area (Å²) in [6.45, 7) is 7.81. The highest BCUT2D eigenvalue weighted by Crippen LogP contribution is 2.48. The number of rotatable bonds is 4. The van der Waals surface area contributed by atoms with E-state index in [4.69, 9.17) is 28.2 Å². The molecule has 1 atom stereocenters. The van der Waals surface area contributed by atoms with Crippen molar-refractivity contribution < 1.29 is 0 Å². The Morgan fingerprint density at radius 3 is 2.73 bits per heavy atom. The van der Waals surface area contributed by atoms with Crippen LogP contribution in [-0.2, 0) is 6.54 Å². The van der Waals surface area contributed by atoms with Gasteiger partial charge in [0.05, 0.1) is 21.3 Å². The molecule has 1 aliphatic heterocycles. The zero-order chi connectivity index (χ0) is 18.4. The van der Waals surface area contributed by atoms with E-state index in [-0.39, 0.29) is 0 Å². The van der Waals surface area contributed by atoms with E-state index in [1.165, 1.54) is 33.6 Å². The van der Waals surface area contributed by atoms with E-state index in [1.54, 1.807) is 11.8 Å². The van der Waals surface area contributed by atoms with Crippen molar-refractivity contribution in [1.82, 2.24) is 9.55 Å². The third-order valence-electron chi connectivity index (χ3n) is 5.24. The number of hydrogen-bond acceptors (Lipinski definition) is 2. The first-order valence-electron chi connectivity index (χ1n) is 9.15. The van der Waals surface area contributed by atoms with Crippen molar-refractivity contribution in [3.8, 4) is 0 Å². The Balaban J connectivity index is 1.95. The van der Waals surface area contributed by atoms with Crippen molar-refractivity contribution in [1.29, 1.82) is 0 Å². The SMILES string of the molecule is CC[C@@H]1CCn2c1c(Sc1ccc(Cl)c(Cl)c1)c1c(C(C)C)nccc12. The molecule has 1 aromatic carbocycles. The van der Waals surface area contributed by atoms with Crippen molar-refractivity contribution in [2.24, 2.45) is 0 Å². The molecular formula is C21H22Cl2N2S. The first-order valence-corrected chi connectivity index (χ1v) is 10.7. The maximum atomic E-state index is 6.26. The second-order valence-corrected chi connectivity index (χ2v) is 9.08. The quantitative estimate of drug-likeness (QED) is 0.447. The first kappa shape index (κ1) is 18.2. The molecule has 0 saturated carbocycles. The summed E-state index contributed by atoms with van der Waals surface area (Å²) in [6, 6.07) is 8.06. The minimum atomic E-state index is 0.384. The van der Waals surface area contributed by atoms with Crippen LogP contribution in [0.15, 0.2) is 40.3 Å². The van der Waals surface area contributed by atoms with Crippen LogP contribution < -0.4 is 0 Å². The van der Waals surface area contributed by atoms with Crippen LogP contribution in [0.3, 0.4) is 0 Å². The molecule has 0 saturated heterocycles. The van der Waals surface area contributed by atoms with E-state index < -0.39 is 0 Å². The number of nitrogens with zero attached hydrogens (tertiary/aromatic N) is 2. The maximum absolute atomic E-state index is 6.26. The van der Waals surface area contributed by atoms with E-state index in [1.807, 2.05) is 18.3 Å². The predicted octanol–water partition coefficient (Wildman–Crippen LogP) is 7.52. The molecule has 0 spiro atoms. The second kappa shape index (κ2) is 7.10. The zero-order valence-electron chi connectivity index (χ0n) is 15.2. The molecule has 26 heavy (non-hydrogen) atoms. The molecule has 4 rings (SSSR count). The third-order valence-corrected chi connectivity index (χ3v) is 7.08. The third kappa shape index (κ3) is 2.94. The Kier molecular flexibility index (Phi) is 4.98. The highest BCUT2D eigenvalue weighted by Gasteiger charge is 2.30. The van der Waals surface area contributed by atoms with E-state index in [0.717, 1.165) is 17.9 Å². The Hall–Kier alpha value is -1.16. The number of pyridine rings is 1. The van der Waals surface area contributed by atoms with Gasteiger partial charge in [-0.05, 0) is 43.0 Å². The van der Waals surface area contributed by atoms with E-state index in [9.17, 15) is 0 Å². The average Bonchev–Trinajstić information content (AvgIpc) is 3.17. The van der Waals surface area contributed by atoms with E-state index >= 15 is 0 Å². The first-order chi connectivity index (χ1) is 12.5. The monoisotopic (exact) mass is 404 g/mol. The lowest BCUT2D eigenvalue weighted by Gasteiger charge is -2.12. The standard InChI is InChI=1S/C21H22Cl2N2S/c1-4-13-8-10-25-17-7-9-24-19(12(2)3)18(17)21(20(13)25)26-14-5-6-15(22)16(23)11-14/h5-7,9,11-13H,4,8,10H2,1-3H3/t13-/m1/s1. The summed E-state index contributed by atoms with van der Waals surface area (Å²) in [7, 11) is 0. The molecule has 0 N–H and O–H groups in total. The van der Waals surface area contributed by atoms with Crippen molar-refractivity contribution >= 4 is 45.9 Å². The Labute approximate surface area is 168 Å². The topological polar surface area (TPSA) is 17.8 Å². The maximum Gasteiger partial charge on any atom is 0.0603 e. The van der Waals surface area contributed by atoms with Crippen LogP contribution in [-0.4, -0.2) is 9.55 Å². The minimum Gasteiger partial charge on any atom is -0.343 e. The molecule has 0 fully saturated rings. The molecule has 1 aliphatic rings. The van der Waals surface area contributed by atoms with Gasteiger partial charge in [0, 0.05) is 39.5 Å². The normalized spacial score (nSPS) is 16.6. The number of halogens is 2. The molecule has 0 bridgehead atoms. The van der Waals surface area contributed by atoms with Gasteiger partial charge in [0.25, 0.3) is 0 Å². The summed E-state index contributed by atoms with van der Waals surface area (Å²) in [5.74, 6) is 0.989. The van der Waals surface area contributed by atoms with Gasteiger partial charge in [-0.15, -0.1) is 0 Å². The van der Waals surface area contributed by atoms with Crippen LogP contribution >= 0.6 is 35.0 Å². The highest BCUT2D eigenvalue weighted by molar-refractivity contribution is 7.99. The lowest BCUT2D eigenvalue weighted by atomic mass is 10.00. The van der Waals surface area contributed by atoms with Gasteiger partial charge in [-0.2, -0.15) is 0 Å². The molecule has 0 radical (unpaired) electrons. The number of benzene rings is 1. The number of aromatic nitrogens is 2. The largest absolute Gasteiger partial charge is 0.343 e. The molecule has 3 aromatic rings. The molecule has 0 unspecified atom stereocenters. The van der Waals surface area contributed by atoms with Crippen LogP contribution in [0.1, 0.15) is 56.8 Å². The van der Waals surface area contributed by atoms with Gasteiger partial charge in [0.1, 0.15) is 0 Å². The van der Waals surface area contributed by atoms with Crippen molar-refractivity contribution in [3.63, 3.8) is 0 Å². The molecule has 0 amide bonds. The van der Waals surface area contributed by atoms with Gasteiger partial charge in [0.2, 0.25) is 0 Å². The number of fused-ring (bicyclic) bond motifs is 3. The Morgan fingerprint density at radius 1 is 1.23 bits per heavy atom. The molecular weight excluding hydrogens is 383 g/mol. The number of hydrogen-bond donors (Lipinski definition) is 0. The molecule has 3 heterocycles.